The van der Waals surface area contributed by atoms with E-state index in [0.29, 0.717) is 23.8 Å². The van der Waals surface area contributed by atoms with E-state index >= 15 is 0 Å². The number of anilines is 1. The molecule has 0 fully saturated rings. The van der Waals surface area contributed by atoms with Crippen molar-refractivity contribution in [3.63, 3.8) is 0 Å². The van der Waals surface area contributed by atoms with Gasteiger partial charge in [-0.2, -0.15) is 0 Å². The highest BCUT2D eigenvalue weighted by Crippen LogP contribution is 2.24. The van der Waals surface area contributed by atoms with Crippen LogP contribution in [-0.2, 0) is 13.0 Å². The Morgan fingerprint density at radius 2 is 2.05 bits per heavy atom. The lowest BCUT2D eigenvalue weighted by Crippen LogP contribution is -2.38. The minimum atomic E-state index is -0.161. The van der Waals surface area contributed by atoms with Gasteiger partial charge in [-0.15, -0.1) is 0 Å². The molecule has 0 radical (unpaired) electrons. The standard InChI is InChI=1S/C16H15ClN2O2/c17-13-2-1-3-14(9-13)18-16(21)19-7-6-11-4-5-15(20)8-12(11)10-19/h1-5,8-9,20H,6-7,10H2,(H,18,21). The number of fused-ring (bicyclic) bond motifs is 1. The number of amides is 2. The first-order chi connectivity index (χ1) is 10.1. The van der Waals surface area contributed by atoms with E-state index in [1.807, 2.05) is 6.07 Å². The van der Waals surface area contributed by atoms with Gasteiger partial charge in [-0.1, -0.05) is 23.7 Å². The lowest BCUT2D eigenvalue weighted by atomic mass is 10.00. The molecule has 2 aromatic carbocycles. The molecule has 0 saturated heterocycles. The number of benzene rings is 2. The van der Waals surface area contributed by atoms with Crippen LogP contribution >= 0.6 is 11.6 Å². The summed E-state index contributed by atoms with van der Waals surface area (Å²) in [6.45, 7) is 1.15. The third-order valence-electron chi connectivity index (χ3n) is 3.57. The van der Waals surface area contributed by atoms with Crippen LogP contribution in [0.4, 0.5) is 10.5 Å². The van der Waals surface area contributed by atoms with Gasteiger partial charge in [0.05, 0.1) is 0 Å². The number of carbonyl (C=O) groups is 1. The fraction of sp³-hybridized carbons (Fsp3) is 0.188. The van der Waals surface area contributed by atoms with Crippen molar-refractivity contribution in [3.8, 4) is 5.75 Å². The number of nitrogens with one attached hydrogen (secondary N) is 1. The first-order valence-electron chi connectivity index (χ1n) is 6.74. The molecule has 3 rings (SSSR count). The molecule has 4 nitrogen and oxygen atoms in total. The number of phenols is 1. The van der Waals surface area contributed by atoms with Crippen molar-refractivity contribution in [2.75, 3.05) is 11.9 Å². The number of carbonyl (C=O) groups excluding carboxylic acids is 1. The smallest absolute Gasteiger partial charge is 0.322 e. The van der Waals surface area contributed by atoms with Crippen molar-refractivity contribution in [3.05, 3.63) is 58.6 Å². The van der Waals surface area contributed by atoms with Crippen molar-refractivity contribution in [2.45, 2.75) is 13.0 Å². The van der Waals surface area contributed by atoms with Crippen molar-refractivity contribution < 1.29 is 9.90 Å². The average Bonchev–Trinajstić information content (AvgIpc) is 2.46. The van der Waals surface area contributed by atoms with E-state index in [9.17, 15) is 9.90 Å². The predicted molar refractivity (Wildman–Crippen MR) is 82.7 cm³/mol. The van der Waals surface area contributed by atoms with Crippen molar-refractivity contribution in [1.29, 1.82) is 0 Å². The fourth-order valence-corrected chi connectivity index (χ4v) is 2.68. The van der Waals surface area contributed by atoms with Crippen molar-refractivity contribution >= 4 is 23.3 Å². The van der Waals surface area contributed by atoms with E-state index in [-0.39, 0.29) is 11.8 Å². The van der Waals surface area contributed by atoms with Crippen LogP contribution in [0.25, 0.3) is 0 Å². The highest BCUT2D eigenvalue weighted by atomic mass is 35.5. The fourth-order valence-electron chi connectivity index (χ4n) is 2.49. The van der Waals surface area contributed by atoms with Gasteiger partial charge in [-0.25, -0.2) is 4.79 Å². The van der Waals surface area contributed by atoms with E-state index in [4.69, 9.17) is 11.6 Å². The van der Waals surface area contributed by atoms with Gasteiger partial charge in [-0.3, -0.25) is 0 Å². The molecular weight excluding hydrogens is 288 g/mol. The molecule has 2 aromatic rings. The number of halogens is 1. The van der Waals surface area contributed by atoms with Gasteiger partial charge >= 0.3 is 6.03 Å². The quantitative estimate of drug-likeness (QED) is 0.845. The molecule has 0 saturated carbocycles. The Morgan fingerprint density at radius 1 is 1.19 bits per heavy atom. The first-order valence-corrected chi connectivity index (χ1v) is 7.12. The Morgan fingerprint density at radius 3 is 2.86 bits per heavy atom. The molecule has 2 amide bonds. The lowest BCUT2D eigenvalue weighted by Gasteiger charge is -2.29. The van der Waals surface area contributed by atoms with Gasteiger partial charge in [0, 0.05) is 23.8 Å². The van der Waals surface area contributed by atoms with Crippen LogP contribution in [0.15, 0.2) is 42.5 Å². The van der Waals surface area contributed by atoms with Crippen molar-refractivity contribution in [2.24, 2.45) is 0 Å². The highest BCUT2D eigenvalue weighted by Gasteiger charge is 2.21. The average molecular weight is 303 g/mol. The van der Waals surface area contributed by atoms with Crippen molar-refractivity contribution in [1.82, 2.24) is 4.90 Å². The Balaban J connectivity index is 1.72. The van der Waals surface area contributed by atoms with E-state index in [2.05, 4.69) is 5.32 Å². The zero-order valence-electron chi connectivity index (χ0n) is 11.3. The monoisotopic (exact) mass is 302 g/mol. The second kappa shape index (κ2) is 5.66. The number of urea groups is 1. The normalized spacial score (nSPS) is 13.7. The zero-order chi connectivity index (χ0) is 14.8. The van der Waals surface area contributed by atoms with Gasteiger partial charge in [0.2, 0.25) is 0 Å². The summed E-state index contributed by atoms with van der Waals surface area (Å²) in [6.07, 6.45) is 0.790. The molecule has 1 aliphatic heterocycles. The molecule has 0 unspecified atom stereocenters. The molecule has 0 aliphatic carbocycles. The third-order valence-corrected chi connectivity index (χ3v) is 3.80. The van der Waals surface area contributed by atoms with Gasteiger partial charge in [0.15, 0.2) is 0 Å². The van der Waals surface area contributed by atoms with Gasteiger partial charge in [0.25, 0.3) is 0 Å². The van der Waals surface area contributed by atoms with Crippen LogP contribution in [0.2, 0.25) is 5.02 Å². The minimum absolute atomic E-state index is 0.161. The summed E-state index contributed by atoms with van der Waals surface area (Å²) in [5, 5.41) is 13.0. The Labute approximate surface area is 128 Å². The molecule has 108 valence electrons. The molecular formula is C16H15ClN2O2. The maximum absolute atomic E-state index is 12.3. The zero-order valence-corrected chi connectivity index (χ0v) is 12.1. The summed E-state index contributed by atoms with van der Waals surface area (Å²) in [5.74, 6) is 0.228. The van der Waals surface area contributed by atoms with E-state index in [0.717, 1.165) is 12.0 Å². The van der Waals surface area contributed by atoms with Gasteiger partial charge in [0.1, 0.15) is 5.75 Å². The summed E-state index contributed by atoms with van der Waals surface area (Å²) >= 11 is 5.91. The van der Waals surface area contributed by atoms with Gasteiger partial charge in [-0.05, 0) is 47.9 Å². The second-order valence-electron chi connectivity index (χ2n) is 5.07. The topological polar surface area (TPSA) is 52.6 Å². The number of hydrogen-bond donors (Lipinski definition) is 2. The van der Waals surface area contributed by atoms with Crippen LogP contribution in [0.5, 0.6) is 5.75 Å². The molecule has 5 heteroatoms. The molecule has 0 bridgehead atoms. The molecule has 0 aromatic heterocycles. The molecule has 1 heterocycles. The van der Waals surface area contributed by atoms with Crippen LogP contribution < -0.4 is 5.32 Å². The number of nitrogens with zero attached hydrogens (tertiary/aromatic N) is 1. The van der Waals surface area contributed by atoms with Crippen LogP contribution in [0, 0.1) is 0 Å². The number of hydrogen-bond acceptors (Lipinski definition) is 2. The van der Waals surface area contributed by atoms with E-state index < -0.39 is 0 Å². The maximum atomic E-state index is 12.3. The molecule has 1 aliphatic rings. The second-order valence-corrected chi connectivity index (χ2v) is 5.50. The summed E-state index contributed by atoms with van der Waals surface area (Å²) in [4.78, 5) is 14.0. The van der Waals surface area contributed by atoms with E-state index in [1.165, 1.54) is 5.56 Å². The van der Waals surface area contributed by atoms with Crippen LogP contribution in [-0.4, -0.2) is 22.6 Å². The molecule has 21 heavy (non-hydrogen) atoms. The van der Waals surface area contributed by atoms with Crippen LogP contribution in [0.3, 0.4) is 0 Å². The summed E-state index contributed by atoms with van der Waals surface area (Å²) < 4.78 is 0. The van der Waals surface area contributed by atoms with Crippen LogP contribution in [0.1, 0.15) is 11.1 Å². The molecule has 2 N–H and O–H groups in total. The first kappa shape index (κ1) is 13.8. The Kier molecular flexibility index (Phi) is 3.71. The summed E-state index contributed by atoms with van der Waals surface area (Å²) in [6, 6.07) is 12.2. The Bertz CT molecular complexity index is 688. The number of phenolic OH excluding ortho intramolecular Hbond substituents is 1. The van der Waals surface area contributed by atoms with Gasteiger partial charge < -0.3 is 15.3 Å². The van der Waals surface area contributed by atoms with E-state index in [1.54, 1.807) is 41.3 Å². The molecule has 0 atom stereocenters. The largest absolute Gasteiger partial charge is 0.508 e. The number of aromatic hydroxyl groups is 1. The minimum Gasteiger partial charge on any atom is -0.508 e. The number of rotatable bonds is 1. The third kappa shape index (κ3) is 3.11. The summed E-state index contributed by atoms with van der Waals surface area (Å²) in [7, 11) is 0. The highest BCUT2D eigenvalue weighted by molar-refractivity contribution is 6.30. The predicted octanol–water partition coefficient (Wildman–Crippen LogP) is 3.64. The summed E-state index contributed by atoms with van der Waals surface area (Å²) in [5.41, 5.74) is 2.84. The lowest BCUT2D eigenvalue weighted by molar-refractivity contribution is 0.206. The SMILES string of the molecule is O=C(Nc1cccc(Cl)c1)N1CCc2ccc(O)cc2C1. The maximum Gasteiger partial charge on any atom is 0.322 e. The Hall–Kier alpha value is -2.20. The molecule has 0 spiro atoms.